The van der Waals surface area contributed by atoms with Gasteiger partial charge in [-0.05, 0) is 36.2 Å². The van der Waals surface area contributed by atoms with Crippen molar-refractivity contribution in [2.75, 3.05) is 0 Å². The molecular formula is C21H32N4O2. The molecule has 0 saturated heterocycles. The van der Waals surface area contributed by atoms with Gasteiger partial charge in [0.25, 0.3) is 0 Å². The minimum absolute atomic E-state index is 0.0623. The number of carbonyl (C=O) groups is 1. The van der Waals surface area contributed by atoms with E-state index in [2.05, 4.69) is 5.32 Å². The Hall–Kier alpha value is -2.08. The Morgan fingerprint density at radius 1 is 1.19 bits per heavy atom. The molecule has 2 aliphatic rings. The number of nitrogens with one attached hydrogen (secondary N) is 2. The number of benzene rings is 1. The number of hydrogen-bond acceptors (Lipinski definition) is 3. The van der Waals surface area contributed by atoms with E-state index < -0.39 is 17.6 Å². The molecule has 0 aromatic heterocycles. The molecule has 0 amide bonds. The molecular weight excluding hydrogens is 340 g/mol. The molecule has 7 N–H and O–H groups in total. The molecule has 1 aromatic carbocycles. The molecule has 1 aromatic rings. The molecule has 3 rings (SSSR count). The van der Waals surface area contributed by atoms with Crippen LogP contribution in [0.2, 0.25) is 0 Å². The fourth-order valence-corrected chi connectivity index (χ4v) is 5.55. The predicted octanol–water partition coefficient (Wildman–Crippen LogP) is 2.99. The van der Waals surface area contributed by atoms with Crippen LogP contribution in [0.15, 0.2) is 30.3 Å². The average Bonchev–Trinajstić information content (AvgIpc) is 2.67. The Bertz CT molecular complexity index is 663. The Morgan fingerprint density at radius 3 is 2.52 bits per heavy atom. The summed E-state index contributed by atoms with van der Waals surface area (Å²) >= 11 is 0. The van der Waals surface area contributed by atoms with Gasteiger partial charge in [-0.25, -0.2) is 4.79 Å². The molecule has 0 bridgehead atoms. The summed E-state index contributed by atoms with van der Waals surface area (Å²) in [5, 5.41) is 21.0. The van der Waals surface area contributed by atoms with Gasteiger partial charge in [-0.2, -0.15) is 0 Å². The van der Waals surface area contributed by atoms with Crippen molar-refractivity contribution in [1.82, 2.24) is 5.32 Å². The second-order valence-corrected chi connectivity index (χ2v) is 8.28. The second kappa shape index (κ2) is 8.30. The predicted molar refractivity (Wildman–Crippen MR) is 106 cm³/mol. The zero-order valence-electron chi connectivity index (χ0n) is 15.9. The van der Waals surface area contributed by atoms with Crippen LogP contribution in [0.3, 0.4) is 0 Å². The minimum Gasteiger partial charge on any atom is -0.479 e. The van der Waals surface area contributed by atoms with E-state index in [9.17, 15) is 9.90 Å². The third-order valence-electron chi connectivity index (χ3n) is 6.72. The first-order chi connectivity index (χ1) is 12.9. The van der Waals surface area contributed by atoms with Gasteiger partial charge < -0.3 is 21.9 Å². The fourth-order valence-electron chi connectivity index (χ4n) is 5.55. The highest BCUT2D eigenvalue weighted by atomic mass is 16.4. The average molecular weight is 373 g/mol. The standard InChI is InChI=1S/C21H32N4O2/c22-18(15-8-2-1-3-9-15)13-21(19(26)27,25-20(23)24)17-12-6-10-14-7-4-5-11-16(14)17/h1-3,8-9,14,16-18H,4-7,10-13,22H2,(H,26,27)(H4,23,24,25)/t14?,16?,17?,18-,21?/m1/s1. The lowest BCUT2D eigenvalue weighted by Crippen LogP contribution is -2.64. The highest BCUT2D eigenvalue weighted by molar-refractivity contribution is 5.87. The number of carboxylic acids is 1. The minimum atomic E-state index is -1.30. The van der Waals surface area contributed by atoms with Gasteiger partial charge in [0.1, 0.15) is 5.54 Å². The molecule has 0 heterocycles. The first-order valence-electron chi connectivity index (χ1n) is 10.1. The maximum absolute atomic E-state index is 12.6. The maximum Gasteiger partial charge on any atom is 0.329 e. The van der Waals surface area contributed by atoms with Gasteiger partial charge in [0.15, 0.2) is 5.96 Å². The van der Waals surface area contributed by atoms with Crippen molar-refractivity contribution in [2.24, 2.45) is 29.2 Å². The van der Waals surface area contributed by atoms with Gasteiger partial charge in [0, 0.05) is 12.5 Å². The van der Waals surface area contributed by atoms with Gasteiger partial charge in [-0.3, -0.25) is 5.41 Å². The Kier molecular flexibility index (Phi) is 6.05. The van der Waals surface area contributed by atoms with E-state index in [-0.39, 0.29) is 18.3 Å². The maximum atomic E-state index is 12.6. The lowest BCUT2D eigenvalue weighted by molar-refractivity contribution is -0.150. The molecule has 2 aliphatic carbocycles. The molecule has 6 nitrogen and oxygen atoms in total. The molecule has 27 heavy (non-hydrogen) atoms. The SMILES string of the molecule is N=C(N)NC(C[C@@H](N)c1ccccc1)(C(=O)O)C1CCCC2CCCCC21. The largest absolute Gasteiger partial charge is 0.479 e. The first kappa shape index (κ1) is 19.7. The van der Waals surface area contributed by atoms with E-state index in [1.54, 1.807) is 0 Å². The summed E-state index contributed by atoms with van der Waals surface area (Å²) in [4.78, 5) is 12.6. The summed E-state index contributed by atoms with van der Waals surface area (Å²) in [7, 11) is 0. The van der Waals surface area contributed by atoms with Crippen molar-refractivity contribution < 1.29 is 9.90 Å². The quantitative estimate of drug-likeness (QED) is 0.388. The van der Waals surface area contributed by atoms with Crippen LogP contribution in [-0.4, -0.2) is 22.6 Å². The molecule has 0 radical (unpaired) electrons. The normalized spacial score (nSPS) is 28.4. The number of carboxylic acid groups (broad SMARTS) is 1. The zero-order valence-corrected chi connectivity index (χ0v) is 15.9. The fraction of sp³-hybridized carbons (Fsp3) is 0.619. The summed E-state index contributed by atoms with van der Waals surface area (Å²) in [5.41, 5.74) is 11.7. The van der Waals surface area contributed by atoms with Crippen molar-refractivity contribution in [3.8, 4) is 0 Å². The molecule has 0 aliphatic heterocycles. The van der Waals surface area contributed by atoms with Crippen molar-refractivity contribution in [2.45, 2.75) is 62.9 Å². The van der Waals surface area contributed by atoms with E-state index in [0.29, 0.717) is 11.8 Å². The zero-order chi connectivity index (χ0) is 19.4. The number of guanidine groups is 1. The van der Waals surface area contributed by atoms with Crippen molar-refractivity contribution >= 4 is 11.9 Å². The van der Waals surface area contributed by atoms with E-state index in [4.69, 9.17) is 16.9 Å². The Balaban J connectivity index is 1.95. The van der Waals surface area contributed by atoms with Gasteiger partial charge in [-0.15, -0.1) is 0 Å². The monoisotopic (exact) mass is 372 g/mol. The summed E-state index contributed by atoms with van der Waals surface area (Å²) < 4.78 is 0. The van der Waals surface area contributed by atoms with Crippen LogP contribution in [0.5, 0.6) is 0 Å². The number of hydrogen-bond donors (Lipinski definition) is 5. The van der Waals surface area contributed by atoms with Crippen LogP contribution in [-0.2, 0) is 4.79 Å². The molecule has 0 spiro atoms. The topological polar surface area (TPSA) is 125 Å². The number of nitrogens with two attached hydrogens (primary N) is 2. The van der Waals surface area contributed by atoms with Crippen LogP contribution < -0.4 is 16.8 Å². The van der Waals surface area contributed by atoms with E-state index >= 15 is 0 Å². The second-order valence-electron chi connectivity index (χ2n) is 8.28. The van der Waals surface area contributed by atoms with E-state index in [1.165, 1.54) is 19.3 Å². The van der Waals surface area contributed by atoms with Crippen LogP contribution >= 0.6 is 0 Å². The number of rotatable bonds is 6. The van der Waals surface area contributed by atoms with Gasteiger partial charge in [-0.1, -0.05) is 62.4 Å². The van der Waals surface area contributed by atoms with Crippen molar-refractivity contribution in [3.05, 3.63) is 35.9 Å². The molecule has 6 heteroatoms. The van der Waals surface area contributed by atoms with Crippen LogP contribution in [0, 0.1) is 23.2 Å². The van der Waals surface area contributed by atoms with Gasteiger partial charge in [0.05, 0.1) is 0 Å². The molecule has 2 saturated carbocycles. The summed E-state index contributed by atoms with van der Waals surface area (Å²) in [6, 6.07) is 9.16. The van der Waals surface area contributed by atoms with Gasteiger partial charge >= 0.3 is 5.97 Å². The van der Waals surface area contributed by atoms with Crippen LogP contribution in [0.4, 0.5) is 0 Å². The lowest BCUT2D eigenvalue weighted by Gasteiger charge is -2.49. The first-order valence-corrected chi connectivity index (χ1v) is 10.1. The lowest BCUT2D eigenvalue weighted by atomic mass is 9.58. The van der Waals surface area contributed by atoms with E-state index in [1.807, 2.05) is 30.3 Å². The molecule has 4 unspecified atom stereocenters. The van der Waals surface area contributed by atoms with Crippen LogP contribution in [0.1, 0.15) is 63.0 Å². The smallest absolute Gasteiger partial charge is 0.329 e. The Labute approximate surface area is 161 Å². The highest BCUT2D eigenvalue weighted by Gasteiger charge is 2.53. The molecule has 148 valence electrons. The highest BCUT2D eigenvalue weighted by Crippen LogP contribution is 2.49. The third kappa shape index (κ3) is 4.10. The molecule has 2 fully saturated rings. The Morgan fingerprint density at radius 2 is 1.85 bits per heavy atom. The van der Waals surface area contributed by atoms with Gasteiger partial charge in [0.2, 0.25) is 0 Å². The number of aliphatic carboxylic acids is 1. The van der Waals surface area contributed by atoms with Crippen LogP contribution in [0.25, 0.3) is 0 Å². The van der Waals surface area contributed by atoms with Crippen molar-refractivity contribution in [1.29, 1.82) is 5.41 Å². The van der Waals surface area contributed by atoms with E-state index in [0.717, 1.165) is 31.2 Å². The summed E-state index contributed by atoms with van der Waals surface area (Å²) in [6.45, 7) is 0. The number of fused-ring (bicyclic) bond motifs is 1. The van der Waals surface area contributed by atoms with Crippen molar-refractivity contribution in [3.63, 3.8) is 0 Å². The summed E-state index contributed by atoms with van der Waals surface area (Å²) in [6.07, 6.45) is 7.90. The summed E-state index contributed by atoms with van der Waals surface area (Å²) in [5.74, 6) is -0.361. The third-order valence-corrected chi connectivity index (χ3v) is 6.72. The molecule has 5 atom stereocenters.